The van der Waals surface area contributed by atoms with Crippen LogP contribution in [-0.4, -0.2) is 12.7 Å². The predicted octanol–water partition coefficient (Wildman–Crippen LogP) is 5.52. The Hall–Kier alpha value is -3.66. The summed E-state index contributed by atoms with van der Waals surface area (Å²) in [6.07, 6.45) is 1.50. The summed E-state index contributed by atoms with van der Waals surface area (Å²) in [6, 6.07) is 19.7. The summed E-state index contributed by atoms with van der Waals surface area (Å²) < 4.78 is 16.4. The lowest BCUT2D eigenvalue weighted by molar-refractivity contribution is -0.117. The topological polar surface area (TPSA) is 80.6 Å². The van der Waals surface area contributed by atoms with Crippen LogP contribution in [0.5, 0.6) is 17.2 Å². The summed E-state index contributed by atoms with van der Waals surface area (Å²) in [7, 11) is 0. The van der Waals surface area contributed by atoms with E-state index in [0.29, 0.717) is 38.4 Å². The van der Waals surface area contributed by atoms with E-state index in [1.54, 1.807) is 54.6 Å². The first-order valence-electron chi connectivity index (χ1n) is 9.98. The van der Waals surface area contributed by atoms with E-state index in [1.807, 2.05) is 12.1 Å². The average Bonchev–Trinajstić information content (AvgIpc) is 3.29. The number of nitriles is 1. The number of ether oxygens (including phenoxy) is 3. The standard InChI is InChI=1S/C25H18Cl2N2O4/c26-21-5-2-6-22(27)20(21)14-31-19-4-1-3-16(10-19)9-18(12-28)25(30)29-13-17-7-8-23-24(11-17)33-15-32-23/h1-11H,13-15H2,(H,29,30)/b18-9+. The van der Waals surface area contributed by atoms with Crippen molar-refractivity contribution in [3.05, 3.63) is 93.0 Å². The molecule has 1 N–H and O–H groups in total. The second-order valence-corrected chi connectivity index (χ2v) is 7.92. The van der Waals surface area contributed by atoms with Gasteiger partial charge < -0.3 is 19.5 Å². The van der Waals surface area contributed by atoms with Crippen molar-refractivity contribution >= 4 is 35.2 Å². The van der Waals surface area contributed by atoms with Gasteiger partial charge in [0.2, 0.25) is 6.79 Å². The molecular formula is C25H18Cl2N2O4. The normalized spacial score (nSPS) is 12.2. The van der Waals surface area contributed by atoms with E-state index < -0.39 is 5.91 Å². The molecule has 0 unspecified atom stereocenters. The van der Waals surface area contributed by atoms with Crippen molar-refractivity contribution in [3.8, 4) is 23.3 Å². The van der Waals surface area contributed by atoms with Gasteiger partial charge >= 0.3 is 0 Å². The Bertz CT molecular complexity index is 1250. The lowest BCUT2D eigenvalue weighted by Crippen LogP contribution is -2.23. The molecule has 6 nitrogen and oxygen atoms in total. The van der Waals surface area contributed by atoms with E-state index in [9.17, 15) is 10.1 Å². The average molecular weight is 481 g/mol. The number of nitrogens with one attached hydrogen (secondary N) is 1. The summed E-state index contributed by atoms with van der Waals surface area (Å²) in [5.41, 5.74) is 2.13. The molecule has 1 heterocycles. The van der Waals surface area contributed by atoms with Crippen LogP contribution in [0.2, 0.25) is 10.0 Å². The maximum atomic E-state index is 12.5. The Balaban J connectivity index is 1.41. The number of fused-ring (bicyclic) bond motifs is 1. The monoisotopic (exact) mass is 480 g/mol. The van der Waals surface area contributed by atoms with Gasteiger partial charge in [-0.3, -0.25) is 4.79 Å². The van der Waals surface area contributed by atoms with Gasteiger partial charge in [0.15, 0.2) is 11.5 Å². The highest BCUT2D eigenvalue weighted by Gasteiger charge is 2.14. The molecule has 1 amide bonds. The molecule has 1 aliphatic heterocycles. The second-order valence-electron chi connectivity index (χ2n) is 7.10. The van der Waals surface area contributed by atoms with Gasteiger partial charge in [-0.05, 0) is 53.6 Å². The number of hydrogen-bond donors (Lipinski definition) is 1. The van der Waals surface area contributed by atoms with E-state index in [1.165, 1.54) is 6.08 Å². The lowest BCUT2D eigenvalue weighted by Gasteiger charge is -2.10. The SMILES string of the molecule is N#C/C(=C\c1cccc(OCc2c(Cl)cccc2Cl)c1)C(=O)NCc1ccc2c(c1)OCO2. The molecule has 0 aromatic heterocycles. The fourth-order valence-electron chi connectivity index (χ4n) is 3.16. The third kappa shape index (κ3) is 5.58. The molecule has 1 aliphatic rings. The summed E-state index contributed by atoms with van der Waals surface area (Å²) in [5, 5.41) is 13.3. The zero-order chi connectivity index (χ0) is 23.2. The van der Waals surface area contributed by atoms with Crippen LogP contribution in [0, 0.1) is 11.3 Å². The molecule has 0 radical (unpaired) electrons. The Morgan fingerprint density at radius 1 is 1.06 bits per heavy atom. The Morgan fingerprint density at radius 2 is 1.82 bits per heavy atom. The third-order valence-corrected chi connectivity index (χ3v) is 5.58. The molecule has 166 valence electrons. The first kappa shape index (κ1) is 22.5. The fourth-order valence-corrected chi connectivity index (χ4v) is 3.67. The summed E-state index contributed by atoms with van der Waals surface area (Å²) >= 11 is 12.4. The maximum absolute atomic E-state index is 12.5. The molecule has 0 spiro atoms. The summed E-state index contributed by atoms with van der Waals surface area (Å²) in [4.78, 5) is 12.5. The number of halogens is 2. The smallest absolute Gasteiger partial charge is 0.262 e. The lowest BCUT2D eigenvalue weighted by atomic mass is 10.1. The van der Waals surface area contributed by atoms with Crippen molar-refractivity contribution < 1.29 is 19.0 Å². The van der Waals surface area contributed by atoms with Crippen LogP contribution in [0.15, 0.2) is 66.2 Å². The van der Waals surface area contributed by atoms with Crippen LogP contribution in [0.4, 0.5) is 0 Å². The number of benzene rings is 3. The molecule has 8 heteroatoms. The van der Waals surface area contributed by atoms with Gasteiger partial charge in [0.05, 0.1) is 0 Å². The zero-order valence-corrected chi connectivity index (χ0v) is 18.8. The number of nitrogens with zero attached hydrogens (tertiary/aromatic N) is 1. The van der Waals surface area contributed by atoms with Crippen LogP contribution in [0.1, 0.15) is 16.7 Å². The Morgan fingerprint density at radius 3 is 2.61 bits per heavy atom. The molecule has 0 aliphatic carbocycles. The highest BCUT2D eigenvalue weighted by Crippen LogP contribution is 2.32. The van der Waals surface area contributed by atoms with Gasteiger partial charge in [-0.25, -0.2) is 0 Å². The maximum Gasteiger partial charge on any atom is 0.262 e. The Kier molecular flexibility index (Phi) is 7.04. The second kappa shape index (κ2) is 10.3. The number of rotatable bonds is 7. The van der Waals surface area contributed by atoms with Crippen molar-refractivity contribution in [2.75, 3.05) is 6.79 Å². The Labute approximate surface area is 200 Å². The van der Waals surface area contributed by atoms with Gasteiger partial charge in [-0.1, -0.05) is 47.5 Å². The zero-order valence-electron chi connectivity index (χ0n) is 17.3. The number of carbonyl (C=O) groups is 1. The number of amides is 1. The van der Waals surface area contributed by atoms with E-state index in [4.69, 9.17) is 37.4 Å². The fraction of sp³-hybridized carbons (Fsp3) is 0.120. The minimum Gasteiger partial charge on any atom is -0.489 e. The molecule has 0 bridgehead atoms. The van der Waals surface area contributed by atoms with E-state index in [-0.39, 0.29) is 25.5 Å². The van der Waals surface area contributed by atoms with Crippen molar-refractivity contribution in [2.45, 2.75) is 13.2 Å². The van der Waals surface area contributed by atoms with Crippen molar-refractivity contribution in [2.24, 2.45) is 0 Å². The summed E-state index contributed by atoms with van der Waals surface area (Å²) in [6.45, 7) is 0.615. The molecule has 0 fully saturated rings. The van der Waals surface area contributed by atoms with Gasteiger partial charge in [0.1, 0.15) is 24.0 Å². The van der Waals surface area contributed by atoms with E-state index >= 15 is 0 Å². The molecule has 0 atom stereocenters. The quantitative estimate of drug-likeness (QED) is 0.355. The molecule has 3 aromatic rings. The largest absolute Gasteiger partial charge is 0.489 e. The van der Waals surface area contributed by atoms with Crippen molar-refractivity contribution in [1.82, 2.24) is 5.32 Å². The van der Waals surface area contributed by atoms with Crippen LogP contribution >= 0.6 is 23.2 Å². The third-order valence-electron chi connectivity index (χ3n) is 4.87. The minimum absolute atomic E-state index is 0.0259. The molecule has 4 rings (SSSR count). The van der Waals surface area contributed by atoms with Gasteiger partial charge in [-0.15, -0.1) is 0 Å². The molecular weight excluding hydrogens is 463 g/mol. The van der Waals surface area contributed by atoms with Gasteiger partial charge in [-0.2, -0.15) is 5.26 Å². The first-order valence-corrected chi connectivity index (χ1v) is 10.7. The van der Waals surface area contributed by atoms with Crippen LogP contribution in [0.25, 0.3) is 6.08 Å². The van der Waals surface area contributed by atoms with Crippen molar-refractivity contribution in [3.63, 3.8) is 0 Å². The highest BCUT2D eigenvalue weighted by molar-refractivity contribution is 6.35. The van der Waals surface area contributed by atoms with E-state index in [0.717, 1.165) is 5.56 Å². The summed E-state index contributed by atoms with van der Waals surface area (Å²) in [5.74, 6) is 1.37. The highest BCUT2D eigenvalue weighted by atomic mass is 35.5. The first-order chi connectivity index (χ1) is 16.0. The minimum atomic E-state index is -0.482. The van der Waals surface area contributed by atoms with Gasteiger partial charge in [0.25, 0.3) is 5.91 Å². The van der Waals surface area contributed by atoms with Gasteiger partial charge in [0, 0.05) is 22.2 Å². The number of hydrogen-bond acceptors (Lipinski definition) is 5. The molecule has 0 saturated carbocycles. The van der Waals surface area contributed by atoms with Crippen molar-refractivity contribution in [1.29, 1.82) is 5.26 Å². The predicted molar refractivity (Wildman–Crippen MR) is 125 cm³/mol. The molecule has 0 saturated heterocycles. The van der Waals surface area contributed by atoms with Crippen LogP contribution in [-0.2, 0) is 17.9 Å². The molecule has 33 heavy (non-hydrogen) atoms. The molecule has 3 aromatic carbocycles. The number of carbonyl (C=O) groups excluding carboxylic acids is 1. The van der Waals surface area contributed by atoms with Crippen LogP contribution < -0.4 is 19.5 Å². The van der Waals surface area contributed by atoms with Crippen LogP contribution in [0.3, 0.4) is 0 Å². The van der Waals surface area contributed by atoms with E-state index in [2.05, 4.69) is 5.32 Å².